The molecule has 0 aliphatic heterocycles. The van der Waals surface area contributed by atoms with E-state index in [1.807, 2.05) is 0 Å². The summed E-state index contributed by atoms with van der Waals surface area (Å²) in [7, 11) is 0. The Bertz CT molecular complexity index is 171. The predicted octanol–water partition coefficient (Wildman–Crippen LogP) is 3.00. The van der Waals surface area contributed by atoms with E-state index in [9.17, 15) is 0 Å². The zero-order chi connectivity index (χ0) is 8.10. The first-order valence-corrected chi connectivity index (χ1v) is 4.43. The van der Waals surface area contributed by atoms with E-state index >= 15 is 0 Å². The van der Waals surface area contributed by atoms with Crippen molar-refractivity contribution in [2.45, 2.75) is 32.6 Å². The van der Waals surface area contributed by atoms with Crippen LogP contribution in [0, 0.1) is 24.2 Å². The maximum Gasteiger partial charge on any atom is 0.0117 e. The molecular weight excluding hydrogens is 132 g/mol. The van der Waals surface area contributed by atoms with Crippen LogP contribution in [0.25, 0.3) is 0 Å². The fraction of sp³-hybridized carbons (Fsp3) is 0.636. The molecule has 11 heavy (non-hydrogen) atoms. The van der Waals surface area contributed by atoms with Crippen LogP contribution in [0.1, 0.15) is 32.6 Å². The van der Waals surface area contributed by atoms with E-state index in [0.717, 1.165) is 18.3 Å². The Morgan fingerprint density at radius 3 is 3.00 bits per heavy atom. The summed E-state index contributed by atoms with van der Waals surface area (Å²) in [4.78, 5) is 0. The van der Waals surface area contributed by atoms with Gasteiger partial charge in [-0.05, 0) is 38.0 Å². The molecule has 0 bridgehead atoms. The molecule has 1 saturated carbocycles. The zero-order valence-electron chi connectivity index (χ0n) is 7.22. The van der Waals surface area contributed by atoms with E-state index in [-0.39, 0.29) is 0 Å². The Labute approximate surface area is 69.7 Å². The van der Waals surface area contributed by atoms with Gasteiger partial charge in [-0.1, -0.05) is 12.2 Å². The molecule has 1 aliphatic rings. The average molecular weight is 148 g/mol. The summed E-state index contributed by atoms with van der Waals surface area (Å²) in [5.74, 6) is 4.54. The highest BCUT2D eigenvalue weighted by molar-refractivity contribution is 4.97. The van der Waals surface area contributed by atoms with Crippen LogP contribution in [-0.2, 0) is 0 Å². The lowest BCUT2D eigenvalue weighted by Gasteiger charge is -1.91. The third-order valence-corrected chi connectivity index (χ3v) is 2.39. The number of allylic oxidation sites excluding steroid dienone is 2. The molecule has 60 valence electrons. The molecule has 0 amide bonds. The lowest BCUT2D eigenvalue weighted by atomic mass is 10.1. The number of hydrogen-bond acceptors (Lipinski definition) is 0. The smallest absolute Gasteiger partial charge is 0.0117 e. The quantitative estimate of drug-likeness (QED) is 0.424. The molecule has 0 aromatic heterocycles. The molecule has 0 heterocycles. The molecule has 0 aromatic carbocycles. The maximum absolute atomic E-state index is 5.22. The minimum Gasteiger partial charge on any atom is -0.120 e. The van der Waals surface area contributed by atoms with E-state index in [2.05, 4.69) is 25.0 Å². The molecular formula is C11H16. The van der Waals surface area contributed by atoms with Crippen molar-refractivity contribution in [3.63, 3.8) is 0 Å². The molecule has 0 spiro atoms. The van der Waals surface area contributed by atoms with Gasteiger partial charge in [-0.15, -0.1) is 12.3 Å². The second kappa shape index (κ2) is 4.23. The molecule has 0 nitrogen and oxygen atoms in total. The Morgan fingerprint density at radius 2 is 2.36 bits per heavy atom. The van der Waals surface area contributed by atoms with Crippen LogP contribution in [0.2, 0.25) is 0 Å². The molecule has 0 saturated heterocycles. The van der Waals surface area contributed by atoms with E-state index in [1.165, 1.54) is 19.3 Å². The van der Waals surface area contributed by atoms with Gasteiger partial charge in [0.25, 0.3) is 0 Å². The van der Waals surface area contributed by atoms with E-state index in [4.69, 9.17) is 6.42 Å². The summed E-state index contributed by atoms with van der Waals surface area (Å²) in [5.41, 5.74) is 0. The Balaban J connectivity index is 2.01. The van der Waals surface area contributed by atoms with E-state index in [0.29, 0.717) is 0 Å². The lowest BCUT2D eigenvalue weighted by molar-refractivity contribution is 0.662. The first kappa shape index (κ1) is 8.40. The summed E-state index contributed by atoms with van der Waals surface area (Å²) in [6, 6.07) is 0. The van der Waals surface area contributed by atoms with Crippen LogP contribution < -0.4 is 0 Å². The monoisotopic (exact) mass is 148 g/mol. The van der Waals surface area contributed by atoms with Gasteiger partial charge >= 0.3 is 0 Å². The molecule has 2 unspecified atom stereocenters. The minimum absolute atomic E-state index is 0.866. The summed E-state index contributed by atoms with van der Waals surface area (Å²) >= 11 is 0. The van der Waals surface area contributed by atoms with Gasteiger partial charge in [-0.2, -0.15) is 0 Å². The highest BCUT2D eigenvalue weighted by Gasteiger charge is 2.34. The van der Waals surface area contributed by atoms with Crippen molar-refractivity contribution >= 4 is 0 Å². The molecule has 1 rings (SSSR count). The Hall–Kier alpha value is -0.700. The fourth-order valence-electron chi connectivity index (χ4n) is 1.54. The van der Waals surface area contributed by atoms with Crippen molar-refractivity contribution in [2.75, 3.05) is 0 Å². The van der Waals surface area contributed by atoms with Gasteiger partial charge in [0.2, 0.25) is 0 Å². The highest BCUT2D eigenvalue weighted by atomic mass is 14.4. The number of rotatable bonds is 4. The van der Waals surface area contributed by atoms with Gasteiger partial charge in [0.05, 0.1) is 0 Å². The van der Waals surface area contributed by atoms with Crippen molar-refractivity contribution in [2.24, 2.45) is 11.8 Å². The second-order valence-corrected chi connectivity index (χ2v) is 3.31. The molecule has 0 N–H and O–H groups in total. The first-order chi connectivity index (χ1) is 5.38. The van der Waals surface area contributed by atoms with Crippen LogP contribution in [-0.4, -0.2) is 0 Å². The van der Waals surface area contributed by atoms with Gasteiger partial charge in [-0.25, -0.2) is 0 Å². The third-order valence-electron chi connectivity index (χ3n) is 2.39. The summed E-state index contributed by atoms with van der Waals surface area (Å²) in [5, 5.41) is 0. The van der Waals surface area contributed by atoms with Crippen LogP contribution >= 0.6 is 0 Å². The average Bonchev–Trinajstić information content (AvgIpc) is 2.70. The zero-order valence-corrected chi connectivity index (χ0v) is 7.22. The molecule has 1 aliphatic carbocycles. The Morgan fingerprint density at radius 1 is 1.55 bits per heavy atom. The van der Waals surface area contributed by atoms with Crippen LogP contribution in [0.5, 0.6) is 0 Å². The predicted molar refractivity (Wildman–Crippen MR) is 49.1 cm³/mol. The summed E-state index contributed by atoms with van der Waals surface area (Å²) in [6.07, 6.45) is 14.5. The van der Waals surface area contributed by atoms with Gasteiger partial charge in [-0.3, -0.25) is 0 Å². The van der Waals surface area contributed by atoms with Gasteiger partial charge in [0.1, 0.15) is 0 Å². The van der Waals surface area contributed by atoms with E-state index < -0.39 is 0 Å². The van der Waals surface area contributed by atoms with Crippen molar-refractivity contribution in [3.8, 4) is 12.3 Å². The third kappa shape index (κ3) is 2.80. The Kier molecular flexibility index (Phi) is 3.23. The van der Waals surface area contributed by atoms with Gasteiger partial charge in [0.15, 0.2) is 0 Å². The first-order valence-electron chi connectivity index (χ1n) is 4.43. The summed E-state index contributed by atoms with van der Waals surface area (Å²) < 4.78 is 0. The largest absolute Gasteiger partial charge is 0.120 e. The summed E-state index contributed by atoms with van der Waals surface area (Å²) in [6.45, 7) is 2.08. The topological polar surface area (TPSA) is 0 Å². The number of terminal acetylenes is 1. The molecule has 0 heteroatoms. The fourth-order valence-corrected chi connectivity index (χ4v) is 1.54. The standard InChI is InChI=1S/C11H16/c1-3-5-6-8-11-9-10(11)7-4-2/h2-3,5,10-11H,6-9H2,1H3. The van der Waals surface area contributed by atoms with Crippen molar-refractivity contribution < 1.29 is 0 Å². The molecule has 0 aromatic rings. The van der Waals surface area contributed by atoms with Gasteiger partial charge in [0, 0.05) is 6.42 Å². The minimum atomic E-state index is 0.866. The lowest BCUT2D eigenvalue weighted by Crippen LogP contribution is -1.80. The van der Waals surface area contributed by atoms with Crippen molar-refractivity contribution in [1.29, 1.82) is 0 Å². The molecule has 2 atom stereocenters. The maximum atomic E-state index is 5.22. The van der Waals surface area contributed by atoms with Gasteiger partial charge < -0.3 is 0 Å². The molecule has 0 radical (unpaired) electrons. The molecule has 1 fully saturated rings. The second-order valence-electron chi connectivity index (χ2n) is 3.31. The highest BCUT2D eigenvalue weighted by Crippen LogP contribution is 2.44. The van der Waals surface area contributed by atoms with Crippen molar-refractivity contribution in [3.05, 3.63) is 12.2 Å². The normalized spacial score (nSPS) is 28.7. The van der Waals surface area contributed by atoms with Crippen LogP contribution in [0.3, 0.4) is 0 Å². The van der Waals surface area contributed by atoms with E-state index in [1.54, 1.807) is 0 Å². The van der Waals surface area contributed by atoms with Crippen molar-refractivity contribution in [1.82, 2.24) is 0 Å². The number of hydrogen-bond donors (Lipinski definition) is 0. The SMILES string of the molecule is C#CCC1CC1CCC=CC. The van der Waals surface area contributed by atoms with Crippen LogP contribution in [0.15, 0.2) is 12.2 Å². The van der Waals surface area contributed by atoms with Crippen LogP contribution in [0.4, 0.5) is 0 Å².